The van der Waals surface area contributed by atoms with E-state index in [4.69, 9.17) is 11.6 Å². The number of halogens is 4. The summed E-state index contributed by atoms with van der Waals surface area (Å²) in [6.07, 6.45) is -3.95. The van der Waals surface area contributed by atoms with E-state index in [-0.39, 0.29) is 17.8 Å². The summed E-state index contributed by atoms with van der Waals surface area (Å²) in [6, 6.07) is 4.17. The van der Waals surface area contributed by atoms with Crippen LogP contribution in [0.4, 0.5) is 13.2 Å². The first kappa shape index (κ1) is 19.3. The van der Waals surface area contributed by atoms with Crippen LogP contribution < -0.4 is 5.32 Å². The van der Waals surface area contributed by atoms with Crippen molar-refractivity contribution in [2.75, 3.05) is 27.2 Å². The molecule has 2 rings (SSSR count). The van der Waals surface area contributed by atoms with Crippen molar-refractivity contribution < 1.29 is 22.8 Å². The zero-order valence-corrected chi connectivity index (χ0v) is 14.4. The van der Waals surface area contributed by atoms with Gasteiger partial charge in [-0.05, 0) is 26.2 Å². The fourth-order valence-corrected chi connectivity index (χ4v) is 2.53. The highest BCUT2D eigenvalue weighted by Crippen LogP contribution is 2.30. The van der Waals surface area contributed by atoms with Gasteiger partial charge in [0.05, 0.1) is 11.1 Å². The van der Waals surface area contributed by atoms with Crippen molar-refractivity contribution in [2.24, 2.45) is 0 Å². The van der Waals surface area contributed by atoms with Crippen LogP contribution in [-0.4, -0.2) is 54.5 Å². The van der Waals surface area contributed by atoms with Gasteiger partial charge in [0.15, 0.2) is 0 Å². The molecule has 5 nitrogen and oxygen atoms in total. The summed E-state index contributed by atoms with van der Waals surface area (Å²) >= 11 is 5.90. The first-order valence-corrected chi connectivity index (χ1v) is 7.78. The predicted molar refractivity (Wildman–Crippen MR) is 88.9 cm³/mol. The van der Waals surface area contributed by atoms with Crippen molar-refractivity contribution in [1.29, 1.82) is 0 Å². The number of rotatable bonds is 6. The molecule has 0 unspecified atom stereocenters. The Hall–Kier alpha value is -2.06. The highest BCUT2D eigenvalue weighted by Gasteiger charge is 2.40. The van der Waals surface area contributed by atoms with Crippen LogP contribution in [0.1, 0.15) is 10.4 Å². The van der Waals surface area contributed by atoms with Crippen LogP contribution in [-0.2, 0) is 11.3 Å². The molecule has 0 aliphatic rings. The van der Waals surface area contributed by atoms with Crippen LogP contribution in [0, 0.1) is 0 Å². The number of nitrogens with zero attached hydrogens (tertiary/aromatic N) is 2. The number of fused-ring (bicyclic) bond motifs is 1. The van der Waals surface area contributed by atoms with E-state index >= 15 is 0 Å². The first-order valence-electron chi connectivity index (χ1n) is 7.41. The molecule has 0 spiro atoms. The molecule has 0 radical (unpaired) electrons. The molecule has 136 valence electrons. The lowest BCUT2D eigenvalue weighted by molar-refractivity contribution is -0.121. The maximum absolute atomic E-state index is 12.8. The largest absolute Gasteiger partial charge is 0.454 e. The lowest BCUT2D eigenvalue weighted by Gasteiger charge is -2.11. The summed E-state index contributed by atoms with van der Waals surface area (Å²) in [7, 11) is 3.70. The Labute approximate surface area is 147 Å². The Bertz CT molecular complexity index is 800. The van der Waals surface area contributed by atoms with Crippen LogP contribution in [0.3, 0.4) is 0 Å². The minimum Gasteiger partial charge on any atom is -0.353 e. The van der Waals surface area contributed by atoms with Crippen LogP contribution in [0.5, 0.6) is 0 Å². The van der Waals surface area contributed by atoms with E-state index < -0.39 is 17.5 Å². The number of amides is 1. The minimum absolute atomic E-state index is 0.104. The van der Waals surface area contributed by atoms with Gasteiger partial charge in [-0.2, -0.15) is 13.2 Å². The molecule has 1 aromatic carbocycles. The third-order valence-electron chi connectivity index (χ3n) is 3.54. The molecule has 0 saturated heterocycles. The van der Waals surface area contributed by atoms with Crippen LogP contribution in [0.2, 0.25) is 5.02 Å². The Kier molecular flexibility index (Phi) is 5.74. The van der Waals surface area contributed by atoms with E-state index in [2.05, 4.69) is 5.32 Å². The van der Waals surface area contributed by atoms with Gasteiger partial charge < -0.3 is 14.8 Å². The number of Topliss-reactive ketones (excluding diaryl/α,β-unsaturated/α-hetero) is 1. The van der Waals surface area contributed by atoms with Gasteiger partial charge in [0.2, 0.25) is 5.91 Å². The van der Waals surface area contributed by atoms with Crippen LogP contribution in [0.25, 0.3) is 10.9 Å². The lowest BCUT2D eigenvalue weighted by atomic mass is 10.1. The first-order chi connectivity index (χ1) is 11.6. The number of nitrogens with one attached hydrogen (secondary N) is 1. The van der Waals surface area contributed by atoms with Gasteiger partial charge in [-0.1, -0.05) is 17.7 Å². The quantitative estimate of drug-likeness (QED) is 0.790. The number of alkyl halides is 3. The third-order valence-corrected chi connectivity index (χ3v) is 3.78. The number of ketones is 1. The second-order valence-electron chi connectivity index (χ2n) is 5.81. The SMILES string of the molecule is CN(C)CCNC(=O)Cn1cc(C(=O)C(F)(F)F)c2ccc(Cl)cc21. The molecule has 0 fully saturated rings. The summed E-state index contributed by atoms with van der Waals surface area (Å²) in [5, 5.41) is 3.07. The summed E-state index contributed by atoms with van der Waals surface area (Å²) in [6.45, 7) is 0.817. The second kappa shape index (κ2) is 7.45. The Balaban J connectivity index is 2.32. The molecule has 0 saturated carbocycles. The van der Waals surface area contributed by atoms with Crippen molar-refractivity contribution in [1.82, 2.24) is 14.8 Å². The van der Waals surface area contributed by atoms with Gasteiger partial charge in [-0.25, -0.2) is 0 Å². The number of benzene rings is 1. The smallest absolute Gasteiger partial charge is 0.353 e. The summed E-state index contributed by atoms with van der Waals surface area (Å²) in [5.41, 5.74) is -0.205. The monoisotopic (exact) mass is 375 g/mol. The maximum Gasteiger partial charge on any atom is 0.454 e. The molecule has 1 amide bonds. The van der Waals surface area contributed by atoms with Crippen molar-refractivity contribution >= 4 is 34.2 Å². The number of carbonyl (C=O) groups is 2. The number of likely N-dealkylation sites (N-methyl/N-ethyl adjacent to an activating group) is 1. The normalized spacial score (nSPS) is 12.0. The predicted octanol–water partition coefficient (Wildman–Crippen LogP) is 2.72. The lowest BCUT2D eigenvalue weighted by Crippen LogP contribution is -2.33. The molecule has 0 aliphatic carbocycles. The second-order valence-corrected chi connectivity index (χ2v) is 6.25. The number of hydrogen-bond acceptors (Lipinski definition) is 3. The number of carbonyl (C=O) groups excluding carboxylic acids is 2. The Morgan fingerprint density at radius 2 is 1.96 bits per heavy atom. The van der Waals surface area contributed by atoms with Gasteiger partial charge in [-0.15, -0.1) is 0 Å². The van der Waals surface area contributed by atoms with Crippen LogP contribution in [0.15, 0.2) is 24.4 Å². The molecule has 0 atom stereocenters. The average molecular weight is 376 g/mol. The highest BCUT2D eigenvalue weighted by atomic mass is 35.5. The van der Waals surface area contributed by atoms with Gasteiger partial charge in [0.1, 0.15) is 6.54 Å². The van der Waals surface area contributed by atoms with Crippen molar-refractivity contribution in [3.8, 4) is 0 Å². The molecular formula is C16H17ClF3N3O2. The van der Waals surface area contributed by atoms with E-state index in [0.717, 1.165) is 6.20 Å². The van der Waals surface area contributed by atoms with E-state index in [0.29, 0.717) is 23.6 Å². The number of aromatic nitrogens is 1. The third kappa shape index (κ3) is 4.73. The van der Waals surface area contributed by atoms with Gasteiger partial charge >= 0.3 is 6.18 Å². The van der Waals surface area contributed by atoms with Gasteiger partial charge in [-0.3, -0.25) is 9.59 Å². The fourth-order valence-electron chi connectivity index (χ4n) is 2.36. The molecule has 2 aromatic rings. The molecule has 1 aromatic heterocycles. The van der Waals surface area contributed by atoms with E-state index in [9.17, 15) is 22.8 Å². The molecule has 0 bridgehead atoms. The van der Waals surface area contributed by atoms with Crippen molar-refractivity contribution in [3.63, 3.8) is 0 Å². The maximum atomic E-state index is 12.8. The Morgan fingerprint density at radius 1 is 1.28 bits per heavy atom. The summed E-state index contributed by atoms with van der Waals surface area (Å²) in [4.78, 5) is 25.5. The number of hydrogen-bond donors (Lipinski definition) is 1. The van der Waals surface area contributed by atoms with Crippen molar-refractivity contribution in [2.45, 2.75) is 12.7 Å². The summed E-state index contributed by atoms with van der Waals surface area (Å²) < 4.78 is 39.7. The fraction of sp³-hybridized carbons (Fsp3) is 0.375. The Morgan fingerprint density at radius 3 is 2.56 bits per heavy atom. The molecule has 0 aliphatic heterocycles. The van der Waals surface area contributed by atoms with E-state index in [1.807, 2.05) is 19.0 Å². The highest BCUT2D eigenvalue weighted by molar-refractivity contribution is 6.31. The van der Waals surface area contributed by atoms with Gasteiger partial charge in [0, 0.05) is 29.7 Å². The van der Waals surface area contributed by atoms with Gasteiger partial charge in [0.25, 0.3) is 5.78 Å². The molecular weight excluding hydrogens is 359 g/mol. The minimum atomic E-state index is -4.99. The summed E-state index contributed by atoms with van der Waals surface area (Å²) in [5.74, 6) is -2.32. The molecule has 1 N–H and O–H groups in total. The molecule has 9 heteroatoms. The van der Waals surface area contributed by atoms with E-state index in [1.54, 1.807) is 0 Å². The topological polar surface area (TPSA) is 54.3 Å². The molecule has 1 heterocycles. The van der Waals surface area contributed by atoms with Crippen LogP contribution >= 0.6 is 11.6 Å². The zero-order chi connectivity index (χ0) is 18.8. The zero-order valence-electron chi connectivity index (χ0n) is 13.7. The van der Waals surface area contributed by atoms with Crippen molar-refractivity contribution in [3.05, 3.63) is 35.0 Å². The molecule has 25 heavy (non-hydrogen) atoms. The standard InChI is InChI=1S/C16H17ClF3N3O2/c1-22(2)6-5-21-14(24)9-23-8-12(15(25)16(18,19)20)11-4-3-10(17)7-13(11)23/h3-4,7-8H,5-6,9H2,1-2H3,(H,21,24). The average Bonchev–Trinajstić information content (AvgIpc) is 2.83. The van der Waals surface area contributed by atoms with E-state index in [1.165, 1.54) is 22.8 Å².